The number of ether oxygens (including phenoxy) is 1. The third-order valence-corrected chi connectivity index (χ3v) is 2.40. The van der Waals surface area contributed by atoms with E-state index in [2.05, 4.69) is 37.6 Å². The van der Waals surface area contributed by atoms with E-state index in [-0.39, 0.29) is 11.5 Å². The number of aliphatic carboxylic acids is 2. The van der Waals surface area contributed by atoms with Gasteiger partial charge in [-0.15, -0.1) is 0 Å². The fraction of sp³-hybridized carbons (Fsp3) is 0.136. The predicted molar refractivity (Wildman–Crippen MR) is 113 cm³/mol. The van der Waals surface area contributed by atoms with E-state index in [4.69, 9.17) is 10.2 Å². The van der Waals surface area contributed by atoms with E-state index in [1.807, 2.05) is 36.4 Å². The fourth-order valence-electron chi connectivity index (χ4n) is 1.02. The van der Waals surface area contributed by atoms with Gasteiger partial charge < -0.3 is 14.9 Å². The lowest BCUT2D eigenvalue weighted by molar-refractivity contribution is -0.139. The van der Waals surface area contributed by atoms with Crippen molar-refractivity contribution in [3.8, 4) is 0 Å². The summed E-state index contributed by atoms with van der Waals surface area (Å²) in [6, 6.07) is 10.0. The molecule has 0 amide bonds. The van der Waals surface area contributed by atoms with Gasteiger partial charge in [-0.25, -0.2) is 9.59 Å². The molecule has 0 spiro atoms. The molecule has 6 nitrogen and oxygen atoms in total. The molecule has 0 aliphatic heterocycles. The maximum Gasteiger partial charge on any atom is 0.332 e. The van der Waals surface area contributed by atoms with Crippen LogP contribution in [0.15, 0.2) is 86.5 Å². The third-order valence-electron chi connectivity index (χ3n) is 2.40. The normalized spacial score (nSPS) is 7.79. The van der Waals surface area contributed by atoms with E-state index in [9.17, 15) is 14.4 Å². The first-order valence-electron chi connectivity index (χ1n) is 7.84. The molecule has 0 aliphatic rings. The Balaban J connectivity index is -0.000000308. The van der Waals surface area contributed by atoms with Crippen LogP contribution in [0.2, 0.25) is 0 Å². The molecule has 28 heavy (non-hydrogen) atoms. The van der Waals surface area contributed by atoms with E-state index in [1.54, 1.807) is 19.1 Å². The lowest BCUT2D eigenvalue weighted by Gasteiger charge is -1.91. The van der Waals surface area contributed by atoms with Gasteiger partial charge in [0.15, 0.2) is 0 Å². The van der Waals surface area contributed by atoms with Crippen molar-refractivity contribution in [2.75, 3.05) is 7.11 Å². The molecule has 1 rings (SSSR count). The molecule has 2 N–H and O–H groups in total. The molecule has 0 atom stereocenters. The van der Waals surface area contributed by atoms with Crippen LogP contribution in [-0.4, -0.2) is 35.2 Å². The van der Waals surface area contributed by atoms with Crippen LogP contribution in [0.1, 0.15) is 18.9 Å². The Hall–Kier alpha value is -3.67. The Morgan fingerprint density at radius 3 is 1.61 bits per heavy atom. The van der Waals surface area contributed by atoms with Gasteiger partial charge in [0, 0.05) is 11.1 Å². The zero-order valence-corrected chi connectivity index (χ0v) is 16.4. The Bertz CT molecular complexity index is 666. The molecule has 1 aromatic rings. The first kappa shape index (κ1) is 29.1. The van der Waals surface area contributed by atoms with Gasteiger partial charge in [0.1, 0.15) is 0 Å². The van der Waals surface area contributed by atoms with Crippen LogP contribution in [0.3, 0.4) is 0 Å². The van der Waals surface area contributed by atoms with Crippen LogP contribution in [0.4, 0.5) is 0 Å². The standard InChI is InChI=1S/C8H8.C5H6O4.C5H8O2.C4H6/c1-2-8-6-4-3-5-7-8;1-3(5(8)9)2-4(6)7;1-4(2)5(6)7-3;1-3-4-2/h2-7H,1H2;1-2H2,(H,6,7)(H,8,9);1H2,2-3H3;3-4H,1-2H2. The molecule has 1 aromatic carbocycles. The summed E-state index contributed by atoms with van der Waals surface area (Å²) in [5.41, 5.74) is 1.30. The second-order valence-corrected chi connectivity index (χ2v) is 4.84. The van der Waals surface area contributed by atoms with Gasteiger partial charge in [-0.2, -0.15) is 0 Å². The van der Waals surface area contributed by atoms with Crippen LogP contribution in [0.25, 0.3) is 6.08 Å². The number of carboxylic acids is 2. The van der Waals surface area contributed by atoms with E-state index >= 15 is 0 Å². The second kappa shape index (κ2) is 19.7. The van der Waals surface area contributed by atoms with Gasteiger partial charge in [0.25, 0.3) is 0 Å². The van der Waals surface area contributed by atoms with Crippen molar-refractivity contribution >= 4 is 24.0 Å². The number of rotatable bonds is 6. The third kappa shape index (κ3) is 22.3. The van der Waals surface area contributed by atoms with Crippen molar-refractivity contribution in [1.29, 1.82) is 0 Å². The molecular weight excluding hydrogens is 360 g/mol. The molecule has 0 aromatic heterocycles. The van der Waals surface area contributed by atoms with Gasteiger partial charge in [-0.1, -0.05) is 81.5 Å². The van der Waals surface area contributed by atoms with Crippen LogP contribution >= 0.6 is 0 Å². The number of hydrogen-bond donors (Lipinski definition) is 2. The molecular formula is C22H28O6. The Labute approximate surface area is 166 Å². The van der Waals surface area contributed by atoms with Crippen LogP contribution < -0.4 is 0 Å². The molecule has 0 fully saturated rings. The van der Waals surface area contributed by atoms with Crippen molar-refractivity contribution in [3.63, 3.8) is 0 Å². The monoisotopic (exact) mass is 388 g/mol. The van der Waals surface area contributed by atoms with Crippen LogP contribution in [-0.2, 0) is 19.1 Å². The Morgan fingerprint density at radius 2 is 1.46 bits per heavy atom. The van der Waals surface area contributed by atoms with E-state index in [0.29, 0.717) is 5.57 Å². The van der Waals surface area contributed by atoms with Crippen molar-refractivity contribution in [1.82, 2.24) is 0 Å². The summed E-state index contributed by atoms with van der Waals surface area (Å²) >= 11 is 0. The molecule has 0 heterocycles. The first-order chi connectivity index (χ1) is 13.1. The topological polar surface area (TPSA) is 101 Å². The average molecular weight is 388 g/mol. The number of esters is 1. The van der Waals surface area contributed by atoms with E-state index in [0.717, 1.165) is 0 Å². The Morgan fingerprint density at radius 1 is 1.00 bits per heavy atom. The maximum absolute atomic E-state index is 10.2. The minimum Gasteiger partial charge on any atom is -0.481 e. The molecule has 0 unspecified atom stereocenters. The largest absolute Gasteiger partial charge is 0.481 e. The first-order valence-corrected chi connectivity index (χ1v) is 7.84. The van der Waals surface area contributed by atoms with Crippen molar-refractivity contribution < 1.29 is 29.3 Å². The quantitative estimate of drug-likeness (QED) is 0.422. The summed E-state index contributed by atoms with van der Waals surface area (Å²) in [5, 5.41) is 16.1. The Kier molecular flexibility index (Phi) is 20.4. The minimum atomic E-state index is -1.27. The highest BCUT2D eigenvalue weighted by molar-refractivity contribution is 5.91. The predicted octanol–water partition coefficient (Wildman–Crippen LogP) is 4.53. The number of benzene rings is 1. The lowest BCUT2D eigenvalue weighted by Crippen LogP contribution is -2.04. The molecule has 152 valence electrons. The van der Waals surface area contributed by atoms with Crippen LogP contribution in [0, 0.1) is 0 Å². The molecule has 0 bridgehead atoms. The SMILES string of the molecule is C=C(C)C(=O)OC.C=C(CC(=O)O)C(=O)O.C=CC=C.C=Cc1ccccc1. The summed E-state index contributed by atoms with van der Waals surface area (Å²) in [4.78, 5) is 29.9. The van der Waals surface area contributed by atoms with Gasteiger partial charge in [0.2, 0.25) is 0 Å². The lowest BCUT2D eigenvalue weighted by atomic mass is 10.2. The average Bonchev–Trinajstić information content (AvgIpc) is 2.68. The van der Waals surface area contributed by atoms with Gasteiger partial charge >= 0.3 is 17.9 Å². The second-order valence-electron chi connectivity index (χ2n) is 4.84. The number of allylic oxidation sites excluding steroid dienone is 2. The van der Waals surface area contributed by atoms with Crippen molar-refractivity contribution in [3.05, 3.63) is 92.1 Å². The number of hydrogen-bond acceptors (Lipinski definition) is 4. The number of carbonyl (C=O) groups is 3. The van der Waals surface area contributed by atoms with Crippen molar-refractivity contribution in [2.45, 2.75) is 13.3 Å². The van der Waals surface area contributed by atoms with Crippen molar-refractivity contribution in [2.24, 2.45) is 0 Å². The summed E-state index contributed by atoms with van der Waals surface area (Å²) in [6.45, 7) is 18.3. The van der Waals surface area contributed by atoms with Gasteiger partial charge in [0.05, 0.1) is 13.5 Å². The number of carbonyl (C=O) groups excluding carboxylic acids is 1. The number of carboxylic acid groups (broad SMARTS) is 2. The highest BCUT2D eigenvalue weighted by atomic mass is 16.5. The maximum atomic E-state index is 10.2. The minimum absolute atomic E-state index is 0.303. The zero-order chi connectivity index (χ0) is 22.5. The molecule has 0 radical (unpaired) electrons. The number of methoxy groups -OCH3 is 1. The smallest absolute Gasteiger partial charge is 0.332 e. The van der Waals surface area contributed by atoms with Gasteiger partial charge in [-0.3, -0.25) is 4.79 Å². The summed E-state index contributed by atoms with van der Waals surface area (Å²) in [5.74, 6) is -2.79. The summed E-state index contributed by atoms with van der Waals surface area (Å²) in [7, 11) is 1.33. The molecule has 6 heteroatoms. The molecule has 0 aliphatic carbocycles. The fourth-order valence-corrected chi connectivity index (χ4v) is 1.02. The highest BCUT2D eigenvalue weighted by Crippen LogP contribution is 1.97. The molecule has 0 saturated carbocycles. The van der Waals surface area contributed by atoms with Crippen LogP contribution in [0.5, 0.6) is 0 Å². The van der Waals surface area contributed by atoms with Gasteiger partial charge in [-0.05, 0) is 12.5 Å². The summed E-state index contributed by atoms with van der Waals surface area (Å²) in [6.07, 6.45) is 4.61. The van der Waals surface area contributed by atoms with E-state index in [1.165, 1.54) is 12.7 Å². The summed E-state index contributed by atoms with van der Waals surface area (Å²) < 4.78 is 4.27. The van der Waals surface area contributed by atoms with E-state index < -0.39 is 18.4 Å². The zero-order valence-electron chi connectivity index (χ0n) is 16.4. The highest BCUT2D eigenvalue weighted by Gasteiger charge is 2.07. The molecule has 0 saturated heterocycles.